The molecule has 1 aromatic heterocycles. The summed E-state index contributed by atoms with van der Waals surface area (Å²) < 4.78 is 2.80. The van der Waals surface area contributed by atoms with Crippen LogP contribution in [0.15, 0.2) is 0 Å². The van der Waals surface area contributed by atoms with E-state index in [9.17, 15) is 0 Å². The van der Waals surface area contributed by atoms with Crippen LogP contribution in [0.25, 0.3) is 0 Å². The van der Waals surface area contributed by atoms with Gasteiger partial charge in [0.15, 0.2) is 0 Å². The minimum absolute atomic E-state index is 0.986. The third-order valence-corrected chi connectivity index (χ3v) is 3.57. The second-order valence-corrected chi connectivity index (χ2v) is 3.26. The van der Waals surface area contributed by atoms with Crippen molar-refractivity contribution in [2.24, 2.45) is 0 Å². The SMILES string of the molecule is Cc1nnn(I)c1I. The van der Waals surface area contributed by atoms with Gasteiger partial charge >= 0.3 is 0 Å². The van der Waals surface area contributed by atoms with Crippen molar-refractivity contribution < 1.29 is 0 Å². The number of rotatable bonds is 0. The normalized spacial score (nSPS) is 9.88. The van der Waals surface area contributed by atoms with E-state index in [0.29, 0.717) is 0 Å². The molecule has 0 aliphatic heterocycles. The molecule has 1 aromatic rings. The molecule has 0 unspecified atom stereocenters. The van der Waals surface area contributed by atoms with Gasteiger partial charge in [-0.2, -0.15) is 2.90 Å². The van der Waals surface area contributed by atoms with Crippen LogP contribution in [0.2, 0.25) is 0 Å². The molecule has 0 aliphatic carbocycles. The predicted molar refractivity (Wildman–Crippen MR) is 46.9 cm³/mol. The second-order valence-electron chi connectivity index (χ2n) is 1.33. The summed E-state index contributed by atoms with van der Waals surface area (Å²) >= 11 is 4.28. The highest BCUT2D eigenvalue weighted by Gasteiger charge is 1.99. The van der Waals surface area contributed by atoms with Gasteiger partial charge in [-0.25, -0.2) is 0 Å². The molecule has 1 rings (SSSR count). The number of hydrogen-bond acceptors (Lipinski definition) is 2. The zero-order chi connectivity index (χ0) is 6.15. The van der Waals surface area contributed by atoms with Gasteiger partial charge in [0.2, 0.25) is 0 Å². The van der Waals surface area contributed by atoms with E-state index >= 15 is 0 Å². The van der Waals surface area contributed by atoms with Gasteiger partial charge in [-0.15, -0.1) is 5.10 Å². The quantitative estimate of drug-likeness (QED) is 0.671. The third-order valence-electron chi connectivity index (χ3n) is 0.734. The molecule has 8 heavy (non-hydrogen) atoms. The van der Waals surface area contributed by atoms with E-state index in [2.05, 4.69) is 55.8 Å². The first kappa shape index (κ1) is 6.72. The van der Waals surface area contributed by atoms with Gasteiger partial charge in [-0.3, -0.25) is 0 Å². The molecule has 0 atom stereocenters. The van der Waals surface area contributed by atoms with Crippen LogP contribution in [0.3, 0.4) is 0 Å². The maximum atomic E-state index is 3.81. The lowest BCUT2D eigenvalue weighted by Gasteiger charge is -1.82. The van der Waals surface area contributed by atoms with E-state index in [1.165, 1.54) is 0 Å². The predicted octanol–water partition coefficient (Wildman–Crippen LogP) is 1.39. The molecule has 0 saturated carbocycles. The zero-order valence-corrected chi connectivity index (χ0v) is 8.41. The molecule has 0 bridgehead atoms. The highest BCUT2D eigenvalue weighted by Crippen LogP contribution is 2.08. The molecule has 3 nitrogen and oxygen atoms in total. The Kier molecular flexibility index (Phi) is 2.07. The Morgan fingerprint density at radius 3 is 2.38 bits per heavy atom. The fourth-order valence-electron chi connectivity index (χ4n) is 0.320. The molecular formula is C3H3I2N3. The van der Waals surface area contributed by atoms with Crippen molar-refractivity contribution in [3.8, 4) is 0 Å². The minimum atomic E-state index is 0.986. The fourth-order valence-corrected chi connectivity index (χ4v) is 0.970. The van der Waals surface area contributed by atoms with E-state index < -0.39 is 0 Å². The summed E-state index contributed by atoms with van der Waals surface area (Å²) in [7, 11) is 0. The second kappa shape index (κ2) is 2.46. The average molecular weight is 335 g/mol. The van der Waals surface area contributed by atoms with Gasteiger partial charge in [0.1, 0.15) is 3.70 Å². The molecule has 5 heteroatoms. The summed E-state index contributed by atoms with van der Waals surface area (Å²) in [5.41, 5.74) is 0.986. The Hall–Kier alpha value is 0.600. The number of hydrogen-bond donors (Lipinski definition) is 0. The summed E-state index contributed by atoms with van der Waals surface area (Å²) in [4.78, 5) is 0. The molecular weight excluding hydrogens is 332 g/mol. The van der Waals surface area contributed by atoms with Gasteiger partial charge in [-0.05, 0) is 29.5 Å². The van der Waals surface area contributed by atoms with Crippen molar-refractivity contribution in [2.75, 3.05) is 0 Å². The lowest BCUT2D eigenvalue weighted by molar-refractivity contribution is 0.904. The molecule has 0 spiro atoms. The molecule has 0 fully saturated rings. The molecule has 0 saturated heterocycles. The fraction of sp³-hybridized carbons (Fsp3) is 0.333. The van der Waals surface area contributed by atoms with Crippen LogP contribution in [0.5, 0.6) is 0 Å². The first-order valence-corrected chi connectivity index (χ1v) is 4.00. The van der Waals surface area contributed by atoms with E-state index in [1.54, 1.807) is 2.90 Å². The molecule has 0 aliphatic rings. The monoisotopic (exact) mass is 335 g/mol. The number of aromatic nitrogens is 3. The average Bonchev–Trinajstić information content (AvgIpc) is 1.98. The first-order valence-electron chi connectivity index (χ1n) is 1.96. The number of halogens is 2. The summed E-state index contributed by atoms with van der Waals surface area (Å²) in [6.07, 6.45) is 0. The zero-order valence-electron chi connectivity index (χ0n) is 4.10. The van der Waals surface area contributed by atoms with Crippen molar-refractivity contribution in [3.63, 3.8) is 0 Å². The summed E-state index contributed by atoms with van der Waals surface area (Å²) in [6, 6.07) is 0. The maximum Gasteiger partial charge on any atom is 0.133 e. The smallest absolute Gasteiger partial charge is 0.133 e. The largest absolute Gasteiger partial charge is 0.178 e. The molecule has 0 radical (unpaired) electrons. The molecule has 0 aromatic carbocycles. The van der Waals surface area contributed by atoms with Crippen LogP contribution in [0.1, 0.15) is 5.69 Å². The van der Waals surface area contributed by atoms with Gasteiger partial charge in [0, 0.05) is 0 Å². The van der Waals surface area contributed by atoms with E-state index in [4.69, 9.17) is 0 Å². The van der Waals surface area contributed by atoms with Crippen LogP contribution in [-0.4, -0.2) is 13.2 Å². The molecule has 1 heterocycles. The van der Waals surface area contributed by atoms with Gasteiger partial charge in [-0.1, -0.05) is 5.21 Å². The minimum Gasteiger partial charge on any atom is -0.178 e. The standard InChI is InChI=1S/C3H3I2N3/c1-2-3(4)8(5)7-6-2/h1H3. The van der Waals surface area contributed by atoms with Crippen molar-refractivity contribution in [1.29, 1.82) is 0 Å². The van der Waals surface area contributed by atoms with E-state index in [0.717, 1.165) is 9.39 Å². The lowest BCUT2D eigenvalue weighted by atomic mass is 10.6. The Morgan fingerprint density at radius 2 is 2.25 bits per heavy atom. The Balaban J connectivity index is 3.19. The van der Waals surface area contributed by atoms with Crippen LogP contribution < -0.4 is 0 Å². The van der Waals surface area contributed by atoms with Crippen molar-refractivity contribution in [1.82, 2.24) is 13.2 Å². The lowest BCUT2D eigenvalue weighted by Crippen LogP contribution is -1.82. The van der Waals surface area contributed by atoms with Crippen LogP contribution in [-0.2, 0) is 0 Å². The first-order chi connectivity index (χ1) is 3.72. The number of aryl methyl sites for hydroxylation is 1. The summed E-state index contributed by atoms with van der Waals surface area (Å²) in [6.45, 7) is 1.93. The molecule has 0 amide bonds. The van der Waals surface area contributed by atoms with Crippen molar-refractivity contribution in [2.45, 2.75) is 6.92 Å². The Bertz CT molecular complexity index is 175. The topological polar surface area (TPSA) is 30.7 Å². The molecule has 44 valence electrons. The highest BCUT2D eigenvalue weighted by atomic mass is 127. The summed E-state index contributed by atoms with van der Waals surface area (Å²) in [5, 5.41) is 7.58. The van der Waals surface area contributed by atoms with E-state index in [-0.39, 0.29) is 0 Å². The van der Waals surface area contributed by atoms with Crippen LogP contribution in [0, 0.1) is 10.6 Å². The number of nitrogens with zero attached hydrogens (tertiary/aromatic N) is 3. The Morgan fingerprint density at radius 1 is 1.62 bits per heavy atom. The van der Waals surface area contributed by atoms with Crippen LogP contribution in [0.4, 0.5) is 0 Å². The maximum absolute atomic E-state index is 3.81. The van der Waals surface area contributed by atoms with Crippen LogP contribution >= 0.6 is 45.5 Å². The third kappa shape index (κ3) is 1.12. The van der Waals surface area contributed by atoms with Gasteiger partial charge < -0.3 is 0 Å². The van der Waals surface area contributed by atoms with Crippen molar-refractivity contribution in [3.05, 3.63) is 9.39 Å². The van der Waals surface area contributed by atoms with E-state index in [1.807, 2.05) is 6.92 Å². The highest BCUT2D eigenvalue weighted by molar-refractivity contribution is 14.1. The van der Waals surface area contributed by atoms with Gasteiger partial charge in [0.05, 0.1) is 28.6 Å². The Labute approximate surface area is 74.5 Å². The summed E-state index contributed by atoms with van der Waals surface area (Å²) in [5.74, 6) is 0. The molecule has 0 N–H and O–H groups in total. The van der Waals surface area contributed by atoms with Crippen molar-refractivity contribution >= 4 is 45.5 Å². The van der Waals surface area contributed by atoms with Gasteiger partial charge in [0.25, 0.3) is 0 Å².